The Bertz CT molecular complexity index is 372. The number of nitrogens with two attached hydrogens (primary N) is 1. The number of hydrogen-bond acceptors (Lipinski definition) is 3. The van der Waals surface area contributed by atoms with Gasteiger partial charge in [0.15, 0.2) is 0 Å². The molecule has 0 saturated heterocycles. The third kappa shape index (κ3) is 3.12. The normalized spacial score (nSPS) is 25.8. The smallest absolute Gasteiger partial charge is 0.0640 e. The van der Waals surface area contributed by atoms with Crippen molar-refractivity contribution in [3.8, 4) is 0 Å². The van der Waals surface area contributed by atoms with Crippen LogP contribution in [-0.2, 0) is 6.42 Å². The first-order valence-electron chi connectivity index (χ1n) is 7.10. The van der Waals surface area contributed by atoms with Gasteiger partial charge in [0.1, 0.15) is 0 Å². The molecule has 0 aromatic carbocycles. The van der Waals surface area contributed by atoms with Gasteiger partial charge in [0.25, 0.3) is 0 Å². The molecule has 4 heteroatoms. The summed E-state index contributed by atoms with van der Waals surface area (Å²) >= 11 is 0. The van der Waals surface area contributed by atoms with Crippen molar-refractivity contribution in [2.24, 2.45) is 17.7 Å². The Labute approximate surface area is 110 Å². The summed E-state index contributed by atoms with van der Waals surface area (Å²) in [5, 5.41) is 4.61. The van der Waals surface area contributed by atoms with E-state index in [9.17, 15) is 0 Å². The predicted molar refractivity (Wildman–Crippen MR) is 73.9 cm³/mol. The lowest BCUT2D eigenvalue weighted by atomic mass is 9.94. The molecule has 0 radical (unpaired) electrons. The highest BCUT2D eigenvalue weighted by Gasteiger charge is 2.28. The lowest BCUT2D eigenvalue weighted by Crippen LogP contribution is -2.41. The summed E-state index contributed by atoms with van der Waals surface area (Å²) in [6.45, 7) is 6.63. The van der Waals surface area contributed by atoms with Crippen LogP contribution in [0.4, 0.5) is 0 Å². The Morgan fingerprint density at radius 2 is 2.28 bits per heavy atom. The third-order valence-corrected chi connectivity index (χ3v) is 4.14. The standard InChI is InChI=1S/C14H26N4/c1-10(2)18-7-6-13(17-18)9-14(16-15)12-5-4-11(3)8-12/h6-7,10-12,14,16H,4-5,8-9,15H2,1-3H3. The maximum absolute atomic E-state index is 5.73. The lowest BCUT2D eigenvalue weighted by molar-refractivity contribution is 0.349. The van der Waals surface area contributed by atoms with Crippen molar-refractivity contribution in [2.75, 3.05) is 0 Å². The second-order valence-electron chi connectivity index (χ2n) is 6.04. The van der Waals surface area contributed by atoms with Crippen LogP contribution in [-0.4, -0.2) is 15.8 Å². The van der Waals surface area contributed by atoms with E-state index in [0.29, 0.717) is 18.0 Å². The summed E-state index contributed by atoms with van der Waals surface area (Å²) < 4.78 is 2.01. The molecular weight excluding hydrogens is 224 g/mol. The molecule has 2 rings (SSSR count). The van der Waals surface area contributed by atoms with E-state index in [0.717, 1.165) is 18.0 Å². The fourth-order valence-electron chi connectivity index (χ4n) is 2.98. The summed E-state index contributed by atoms with van der Waals surface area (Å²) in [7, 11) is 0. The molecular formula is C14H26N4. The summed E-state index contributed by atoms with van der Waals surface area (Å²) in [5.41, 5.74) is 4.15. The first-order chi connectivity index (χ1) is 8.60. The van der Waals surface area contributed by atoms with Crippen LogP contribution in [0.5, 0.6) is 0 Å². The fourth-order valence-corrected chi connectivity index (χ4v) is 2.98. The topological polar surface area (TPSA) is 55.9 Å². The van der Waals surface area contributed by atoms with Gasteiger partial charge in [-0.15, -0.1) is 0 Å². The van der Waals surface area contributed by atoms with Gasteiger partial charge in [-0.1, -0.05) is 13.3 Å². The van der Waals surface area contributed by atoms with E-state index in [1.807, 2.05) is 4.68 Å². The molecule has 3 N–H and O–H groups in total. The van der Waals surface area contributed by atoms with Crippen molar-refractivity contribution in [3.63, 3.8) is 0 Å². The Hall–Kier alpha value is -0.870. The molecule has 18 heavy (non-hydrogen) atoms. The highest BCUT2D eigenvalue weighted by molar-refractivity contribution is 5.03. The number of rotatable bonds is 5. The quantitative estimate of drug-likeness (QED) is 0.622. The van der Waals surface area contributed by atoms with E-state index in [2.05, 4.69) is 43.6 Å². The minimum absolute atomic E-state index is 0.366. The molecule has 1 aliphatic rings. The van der Waals surface area contributed by atoms with Gasteiger partial charge < -0.3 is 0 Å². The fraction of sp³-hybridized carbons (Fsp3) is 0.786. The molecule has 1 saturated carbocycles. The predicted octanol–water partition coefficient (Wildman–Crippen LogP) is 2.27. The van der Waals surface area contributed by atoms with E-state index < -0.39 is 0 Å². The molecule has 1 fully saturated rings. The van der Waals surface area contributed by atoms with Gasteiger partial charge in [0, 0.05) is 24.7 Å². The second-order valence-corrected chi connectivity index (χ2v) is 6.04. The maximum Gasteiger partial charge on any atom is 0.0640 e. The number of nitrogens with zero attached hydrogens (tertiary/aromatic N) is 2. The number of hydrazine groups is 1. The van der Waals surface area contributed by atoms with Crippen LogP contribution < -0.4 is 11.3 Å². The van der Waals surface area contributed by atoms with Crippen molar-refractivity contribution in [3.05, 3.63) is 18.0 Å². The SMILES string of the molecule is CC1CCC(C(Cc2ccn(C(C)C)n2)NN)C1. The summed E-state index contributed by atoms with van der Waals surface area (Å²) in [6.07, 6.45) is 6.92. The minimum atomic E-state index is 0.366. The van der Waals surface area contributed by atoms with Gasteiger partial charge in [-0.05, 0) is 44.6 Å². The number of aromatic nitrogens is 2. The van der Waals surface area contributed by atoms with Crippen molar-refractivity contribution in [1.29, 1.82) is 0 Å². The van der Waals surface area contributed by atoms with Crippen LogP contribution in [0.15, 0.2) is 12.3 Å². The van der Waals surface area contributed by atoms with E-state index in [-0.39, 0.29) is 0 Å². The van der Waals surface area contributed by atoms with E-state index in [1.54, 1.807) is 0 Å². The highest BCUT2D eigenvalue weighted by Crippen LogP contribution is 2.33. The molecule has 0 amide bonds. The monoisotopic (exact) mass is 250 g/mol. The van der Waals surface area contributed by atoms with Crippen LogP contribution >= 0.6 is 0 Å². The van der Waals surface area contributed by atoms with Gasteiger partial charge >= 0.3 is 0 Å². The first kappa shape index (κ1) is 13.6. The molecule has 1 aliphatic carbocycles. The lowest BCUT2D eigenvalue weighted by Gasteiger charge is -2.22. The number of hydrogen-bond donors (Lipinski definition) is 2. The van der Waals surface area contributed by atoms with Crippen LogP contribution in [0, 0.1) is 11.8 Å². The Morgan fingerprint density at radius 3 is 2.78 bits per heavy atom. The first-order valence-corrected chi connectivity index (χ1v) is 7.10. The van der Waals surface area contributed by atoms with Crippen LogP contribution in [0.2, 0.25) is 0 Å². The van der Waals surface area contributed by atoms with Crippen LogP contribution in [0.25, 0.3) is 0 Å². The Morgan fingerprint density at radius 1 is 1.50 bits per heavy atom. The van der Waals surface area contributed by atoms with Crippen molar-refractivity contribution < 1.29 is 0 Å². The van der Waals surface area contributed by atoms with Crippen molar-refractivity contribution in [1.82, 2.24) is 15.2 Å². The molecule has 3 unspecified atom stereocenters. The summed E-state index contributed by atoms with van der Waals surface area (Å²) in [6, 6.07) is 2.91. The Balaban J connectivity index is 1.96. The van der Waals surface area contributed by atoms with Crippen molar-refractivity contribution >= 4 is 0 Å². The Kier molecular flexibility index (Phi) is 4.40. The zero-order valence-corrected chi connectivity index (χ0v) is 11.8. The van der Waals surface area contributed by atoms with Gasteiger partial charge in [-0.3, -0.25) is 16.0 Å². The second kappa shape index (κ2) is 5.85. The average molecular weight is 250 g/mol. The third-order valence-electron chi connectivity index (χ3n) is 4.14. The average Bonchev–Trinajstić information content (AvgIpc) is 2.94. The van der Waals surface area contributed by atoms with Gasteiger partial charge in [-0.25, -0.2) is 0 Å². The molecule has 1 aromatic heterocycles. The van der Waals surface area contributed by atoms with Gasteiger partial charge in [0.2, 0.25) is 0 Å². The highest BCUT2D eigenvalue weighted by atomic mass is 15.3. The van der Waals surface area contributed by atoms with E-state index >= 15 is 0 Å². The van der Waals surface area contributed by atoms with Crippen LogP contribution in [0.3, 0.4) is 0 Å². The summed E-state index contributed by atoms with van der Waals surface area (Å²) in [4.78, 5) is 0. The molecule has 0 spiro atoms. The minimum Gasteiger partial charge on any atom is -0.271 e. The molecule has 4 nitrogen and oxygen atoms in total. The molecule has 0 aliphatic heterocycles. The number of nitrogens with one attached hydrogen (secondary N) is 1. The molecule has 3 atom stereocenters. The van der Waals surface area contributed by atoms with Crippen molar-refractivity contribution in [2.45, 2.75) is 58.5 Å². The van der Waals surface area contributed by atoms with Gasteiger partial charge in [-0.2, -0.15) is 5.10 Å². The van der Waals surface area contributed by atoms with E-state index in [1.165, 1.54) is 19.3 Å². The largest absolute Gasteiger partial charge is 0.271 e. The van der Waals surface area contributed by atoms with E-state index in [4.69, 9.17) is 5.84 Å². The van der Waals surface area contributed by atoms with Crippen LogP contribution in [0.1, 0.15) is 51.8 Å². The molecule has 1 aromatic rings. The zero-order valence-electron chi connectivity index (χ0n) is 11.8. The molecule has 0 bridgehead atoms. The molecule has 1 heterocycles. The summed E-state index contributed by atoms with van der Waals surface area (Å²) in [5.74, 6) is 7.28. The van der Waals surface area contributed by atoms with Gasteiger partial charge in [0.05, 0.1) is 5.69 Å². The molecule has 102 valence electrons. The maximum atomic E-state index is 5.73. The zero-order chi connectivity index (χ0) is 13.1.